The number of carbonyl (C=O) groups is 3. The summed E-state index contributed by atoms with van der Waals surface area (Å²) in [6.07, 6.45) is 0.697. The van der Waals surface area contributed by atoms with E-state index < -0.39 is 24.5 Å². The summed E-state index contributed by atoms with van der Waals surface area (Å²) in [6, 6.07) is 15.7. The Morgan fingerprint density at radius 2 is 1.68 bits per heavy atom. The second-order valence-corrected chi connectivity index (χ2v) is 8.44. The molecule has 0 unspecified atom stereocenters. The summed E-state index contributed by atoms with van der Waals surface area (Å²) in [5.41, 5.74) is 4.51. The van der Waals surface area contributed by atoms with E-state index in [2.05, 4.69) is 22.5 Å². The van der Waals surface area contributed by atoms with Gasteiger partial charge in [0.1, 0.15) is 18.7 Å². The van der Waals surface area contributed by atoms with Crippen molar-refractivity contribution >= 4 is 23.8 Å². The van der Waals surface area contributed by atoms with E-state index in [0.29, 0.717) is 0 Å². The van der Waals surface area contributed by atoms with Gasteiger partial charge in [0.15, 0.2) is 5.82 Å². The predicted octanol–water partition coefficient (Wildman–Crippen LogP) is 3.72. The van der Waals surface area contributed by atoms with E-state index >= 15 is 0 Å². The molecule has 1 aromatic heterocycles. The first-order valence-electron chi connectivity index (χ1n) is 10.9. The van der Waals surface area contributed by atoms with Crippen molar-refractivity contribution in [3.63, 3.8) is 0 Å². The van der Waals surface area contributed by atoms with Gasteiger partial charge in [0, 0.05) is 25.2 Å². The molecule has 2 N–H and O–H groups in total. The number of carboxylic acid groups (broad SMARTS) is 1. The summed E-state index contributed by atoms with van der Waals surface area (Å²) < 4.78 is 6.92. The van der Waals surface area contributed by atoms with Crippen LogP contribution in [0.2, 0.25) is 0 Å². The lowest BCUT2D eigenvalue weighted by atomic mass is 9.98. The van der Waals surface area contributed by atoms with Gasteiger partial charge in [0.25, 0.3) is 5.91 Å². The number of nitrogens with zero attached hydrogens (tertiary/aromatic N) is 3. The van der Waals surface area contributed by atoms with E-state index in [1.807, 2.05) is 36.4 Å². The normalized spacial score (nSPS) is 12.2. The molecule has 3 aromatic rings. The number of aromatic nitrogens is 2. The van der Waals surface area contributed by atoms with Gasteiger partial charge in [-0.2, -0.15) is 5.10 Å². The van der Waals surface area contributed by atoms with Gasteiger partial charge in [0.2, 0.25) is 0 Å². The zero-order valence-corrected chi connectivity index (χ0v) is 19.2. The summed E-state index contributed by atoms with van der Waals surface area (Å²) >= 11 is 0. The smallest absolute Gasteiger partial charge is 0.412 e. The zero-order valence-electron chi connectivity index (χ0n) is 19.2. The fourth-order valence-electron chi connectivity index (χ4n) is 4.26. The standard InChI is InChI=1S/C25H26N4O5/c1-15(2)29(13-22(30)31)24(32)20-12-28(3)27-23(20)26-25(33)34-14-21-18-10-6-4-8-16(18)17-9-5-7-11-19(17)21/h4-12,15,21H,13-14H2,1-3H3,(H,30,31)(H,26,27,33). The maximum absolute atomic E-state index is 13.0. The first-order valence-corrected chi connectivity index (χ1v) is 10.9. The van der Waals surface area contributed by atoms with E-state index in [4.69, 9.17) is 9.84 Å². The molecular formula is C25H26N4O5. The number of aliphatic carboxylic acids is 1. The average Bonchev–Trinajstić information content (AvgIpc) is 3.32. The lowest BCUT2D eigenvalue weighted by Crippen LogP contribution is -2.40. The molecule has 1 aliphatic carbocycles. The van der Waals surface area contributed by atoms with Crippen molar-refractivity contribution in [2.75, 3.05) is 18.5 Å². The number of hydrogen-bond donors (Lipinski definition) is 2. The van der Waals surface area contributed by atoms with Crippen molar-refractivity contribution in [2.24, 2.45) is 7.05 Å². The van der Waals surface area contributed by atoms with E-state index in [1.54, 1.807) is 20.9 Å². The number of amides is 2. The van der Waals surface area contributed by atoms with E-state index in [0.717, 1.165) is 22.3 Å². The predicted molar refractivity (Wildman–Crippen MR) is 126 cm³/mol. The van der Waals surface area contributed by atoms with Crippen molar-refractivity contribution in [1.82, 2.24) is 14.7 Å². The average molecular weight is 463 g/mol. The zero-order chi connectivity index (χ0) is 24.4. The number of fused-ring (bicyclic) bond motifs is 3. The highest BCUT2D eigenvalue weighted by molar-refractivity contribution is 6.02. The summed E-state index contributed by atoms with van der Waals surface area (Å²) in [4.78, 5) is 38.0. The molecule has 9 heteroatoms. The molecule has 0 aliphatic heterocycles. The van der Waals surface area contributed by atoms with E-state index in [-0.39, 0.29) is 29.9 Å². The molecule has 1 heterocycles. The third-order valence-corrected chi connectivity index (χ3v) is 5.81. The van der Waals surface area contributed by atoms with Crippen LogP contribution in [0.3, 0.4) is 0 Å². The van der Waals surface area contributed by atoms with Crippen LogP contribution in [0.1, 0.15) is 41.3 Å². The van der Waals surface area contributed by atoms with Gasteiger partial charge in [-0.05, 0) is 36.1 Å². The number of carbonyl (C=O) groups excluding carboxylic acids is 2. The molecule has 4 rings (SSSR count). The molecule has 0 bridgehead atoms. The minimum atomic E-state index is -1.13. The monoisotopic (exact) mass is 462 g/mol. The minimum absolute atomic E-state index is 0.0146. The van der Waals surface area contributed by atoms with Crippen LogP contribution in [-0.4, -0.2) is 57.0 Å². The number of anilines is 1. The molecule has 0 radical (unpaired) electrons. The fourth-order valence-corrected chi connectivity index (χ4v) is 4.26. The largest absolute Gasteiger partial charge is 0.480 e. The van der Waals surface area contributed by atoms with Crippen LogP contribution in [0.5, 0.6) is 0 Å². The Morgan fingerprint density at radius 1 is 1.09 bits per heavy atom. The first-order chi connectivity index (χ1) is 16.3. The second kappa shape index (κ2) is 9.38. The maximum Gasteiger partial charge on any atom is 0.412 e. The summed E-state index contributed by atoms with van der Waals surface area (Å²) in [5.74, 6) is -1.76. The number of nitrogens with one attached hydrogen (secondary N) is 1. The van der Waals surface area contributed by atoms with Crippen LogP contribution in [0, 0.1) is 0 Å². The Morgan fingerprint density at radius 3 is 2.24 bits per heavy atom. The molecule has 1 aliphatic rings. The van der Waals surface area contributed by atoms with Gasteiger partial charge < -0.3 is 14.7 Å². The van der Waals surface area contributed by atoms with Crippen molar-refractivity contribution in [3.05, 3.63) is 71.4 Å². The topological polar surface area (TPSA) is 114 Å². The molecule has 0 atom stereocenters. The number of ether oxygens (including phenoxy) is 1. The molecule has 176 valence electrons. The highest BCUT2D eigenvalue weighted by Crippen LogP contribution is 2.44. The summed E-state index contributed by atoms with van der Waals surface area (Å²) in [7, 11) is 1.61. The minimum Gasteiger partial charge on any atom is -0.480 e. The van der Waals surface area contributed by atoms with Gasteiger partial charge in [0.05, 0.1) is 0 Å². The number of hydrogen-bond acceptors (Lipinski definition) is 5. The number of benzene rings is 2. The molecule has 2 amide bonds. The molecule has 0 saturated heterocycles. The Kier molecular flexibility index (Phi) is 6.36. The third-order valence-electron chi connectivity index (χ3n) is 5.81. The summed E-state index contributed by atoms with van der Waals surface area (Å²) in [5, 5.41) is 15.9. The molecule has 34 heavy (non-hydrogen) atoms. The summed E-state index contributed by atoms with van der Waals surface area (Å²) in [6.45, 7) is 3.09. The molecule has 0 spiro atoms. The number of aryl methyl sites for hydroxylation is 1. The van der Waals surface area contributed by atoms with Crippen LogP contribution in [0.15, 0.2) is 54.7 Å². The molecular weight excluding hydrogens is 436 g/mol. The first kappa shape index (κ1) is 23.0. The van der Waals surface area contributed by atoms with Gasteiger partial charge in [-0.15, -0.1) is 0 Å². The van der Waals surface area contributed by atoms with Crippen LogP contribution in [-0.2, 0) is 16.6 Å². The molecule has 2 aromatic carbocycles. The Balaban J connectivity index is 1.49. The molecule has 0 fully saturated rings. The van der Waals surface area contributed by atoms with Crippen LogP contribution >= 0.6 is 0 Å². The van der Waals surface area contributed by atoms with Crippen molar-refractivity contribution in [3.8, 4) is 11.1 Å². The lowest BCUT2D eigenvalue weighted by molar-refractivity contribution is -0.138. The lowest BCUT2D eigenvalue weighted by Gasteiger charge is -2.24. The van der Waals surface area contributed by atoms with Crippen molar-refractivity contribution in [1.29, 1.82) is 0 Å². The van der Waals surface area contributed by atoms with E-state index in [1.165, 1.54) is 15.8 Å². The second-order valence-electron chi connectivity index (χ2n) is 8.44. The van der Waals surface area contributed by atoms with Gasteiger partial charge in [-0.25, -0.2) is 4.79 Å². The van der Waals surface area contributed by atoms with Gasteiger partial charge >= 0.3 is 12.1 Å². The SMILES string of the molecule is CC(C)N(CC(=O)O)C(=O)c1cn(C)nc1NC(=O)OCC1c2ccccc2-c2ccccc21. The van der Waals surface area contributed by atoms with Crippen LogP contribution in [0.4, 0.5) is 10.6 Å². The third kappa shape index (κ3) is 4.50. The maximum atomic E-state index is 13.0. The quantitative estimate of drug-likeness (QED) is 0.553. The van der Waals surface area contributed by atoms with E-state index in [9.17, 15) is 14.4 Å². The fraction of sp³-hybridized carbons (Fsp3) is 0.280. The Hall–Kier alpha value is -4.14. The van der Waals surface area contributed by atoms with Crippen molar-refractivity contribution in [2.45, 2.75) is 25.8 Å². The highest BCUT2D eigenvalue weighted by Gasteiger charge is 2.30. The van der Waals surface area contributed by atoms with Gasteiger partial charge in [-0.1, -0.05) is 48.5 Å². The Bertz CT molecular complexity index is 1200. The van der Waals surface area contributed by atoms with Crippen molar-refractivity contribution < 1.29 is 24.2 Å². The molecule has 9 nitrogen and oxygen atoms in total. The number of carboxylic acids is 1. The van der Waals surface area contributed by atoms with Gasteiger partial charge in [-0.3, -0.25) is 19.6 Å². The van der Waals surface area contributed by atoms with Crippen LogP contribution in [0.25, 0.3) is 11.1 Å². The number of rotatable bonds is 7. The molecule has 0 saturated carbocycles. The van der Waals surface area contributed by atoms with Crippen LogP contribution < -0.4 is 5.32 Å². The Labute approximate surface area is 196 Å². The highest BCUT2D eigenvalue weighted by atomic mass is 16.5.